The van der Waals surface area contributed by atoms with Crippen molar-refractivity contribution >= 4 is 28.1 Å². The minimum atomic E-state index is -0.988. The first-order valence-electron chi connectivity index (χ1n) is 5.05. The zero-order valence-electron chi connectivity index (χ0n) is 8.72. The van der Waals surface area contributed by atoms with Gasteiger partial charge in [0.05, 0.1) is 12.2 Å². The van der Waals surface area contributed by atoms with Crippen molar-refractivity contribution in [1.29, 1.82) is 0 Å². The van der Waals surface area contributed by atoms with Crippen LogP contribution in [0, 0.1) is 5.41 Å². The number of nitrogens with zero attached hydrogens (tertiary/aromatic N) is 1. The van der Waals surface area contributed by atoms with Gasteiger partial charge in [-0.3, -0.25) is 9.00 Å². The van der Waals surface area contributed by atoms with Crippen molar-refractivity contribution in [2.24, 2.45) is 5.41 Å². The third-order valence-electron chi connectivity index (χ3n) is 2.72. The predicted octanol–water partition coefficient (Wildman–Crippen LogP) is 1.65. The van der Waals surface area contributed by atoms with Crippen LogP contribution in [-0.2, 0) is 21.3 Å². The van der Waals surface area contributed by atoms with Crippen molar-refractivity contribution < 1.29 is 14.1 Å². The molecule has 1 aliphatic carbocycles. The van der Waals surface area contributed by atoms with Crippen molar-refractivity contribution in [1.82, 2.24) is 4.98 Å². The van der Waals surface area contributed by atoms with Crippen LogP contribution < -0.4 is 0 Å². The van der Waals surface area contributed by atoms with Gasteiger partial charge >= 0.3 is 5.97 Å². The molecule has 1 aromatic heterocycles. The van der Waals surface area contributed by atoms with Gasteiger partial charge < -0.3 is 5.11 Å². The lowest BCUT2D eigenvalue weighted by Crippen LogP contribution is -2.17. The summed E-state index contributed by atoms with van der Waals surface area (Å²) in [5.41, 5.74) is -0.187. The topological polar surface area (TPSA) is 67.3 Å². The highest BCUT2D eigenvalue weighted by Gasteiger charge is 2.45. The maximum absolute atomic E-state index is 11.8. The molecule has 16 heavy (non-hydrogen) atoms. The SMILES string of the molecule is O=C(O)CC1(CS(=O)Cc2nccs2)CC1. The smallest absolute Gasteiger partial charge is 0.303 e. The zero-order chi connectivity index (χ0) is 11.6. The summed E-state index contributed by atoms with van der Waals surface area (Å²) in [5.74, 6) is 0.168. The Balaban J connectivity index is 1.85. The monoisotopic (exact) mass is 259 g/mol. The van der Waals surface area contributed by atoms with E-state index < -0.39 is 16.8 Å². The molecule has 0 bridgehead atoms. The highest BCUT2D eigenvalue weighted by molar-refractivity contribution is 7.84. The molecule has 1 atom stereocenters. The second-order valence-electron chi connectivity index (χ2n) is 4.22. The lowest BCUT2D eigenvalue weighted by molar-refractivity contribution is -0.138. The summed E-state index contributed by atoms with van der Waals surface area (Å²) in [5, 5.41) is 11.5. The number of thiazole rings is 1. The molecule has 0 saturated heterocycles. The standard InChI is InChI=1S/C10H13NO3S2/c12-9(13)5-10(1-2-10)7-16(14)6-8-11-3-4-15-8/h3-4H,1-2,5-7H2,(H,12,13). The highest BCUT2D eigenvalue weighted by Crippen LogP contribution is 2.49. The number of aromatic nitrogens is 1. The summed E-state index contributed by atoms with van der Waals surface area (Å²) in [7, 11) is -0.988. The maximum Gasteiger partial charge on any atom is 0.303 e. The summed E-state index contributed by atoms with van der Waals surface area (Å²) < 4.78 is 11.8. The average molecular weight is 259 g/mol. The first-order valence-corrected chi connectivity index (χ1v) is 7.42. The minimum absolute atomic E-state index is 0.149. The quantitative estimate of drug-likeness (QED) is 0.843. The molecular weight excluding hydrogens is 246 g/mol. The Hall–Kier alpha value is -0.750. The first kappa shape index (κ1) is 11.7. The molecule has 0 spiro atoms. The number of hydrogen-bond acceptors (Lipinski definition) is 4. The van der Waals surface area contributed by atoms with Crippen LogP contribution in [0.5, 0.6) is 0 Å². The molecule has 0 radical (unpaired) electrons. The van der Waals surface area contributed by atoms with Crippen LogP contribution in [0.4, 0.5) is 0 Å². The van der Waals surface area contributed by atoms with Crippen molar-refractivity contribution in [2.45, 2.75) is 25.0 Å². The molecular formula is C10H13NO3S2. The molecule has 88 valence electrons. The summed E-state index contributed by atoms with van der Waals surface area (Å²) in [6, 6.07) is 0. The Bertz CT molecular complexity index is 398. The third kappa shape index (κ3) is 3.12. The fourth-order valence-corrected chi connectivity index (χ4v) is 4.32. The van der Waals surface area contributed by atoms with Gasteiger partial charge in [0.25, 0.3) is 0 Å². The van der Waals surface area contributed by atoms with E-state index in [0.717, 1.165) is 17.8 Å². The molecule has 1 fully saturated rings. The summed E-state index contributed by atoms with van der Waals surface area (Å²) in [6.45, 7) is 0. The molecule has 1 aromatic rings. The minimum Gasteiger partial charge on any atom is -0.481 e. The molecule has 1 heterocycles. The van der Waals surface area contributed by atoms with E-state index >= 15 is 0 Å². The van der Waals surface area contributed by atoms with E-state index in [1.54, 1.807) is 6.20 Å². The Labute approximate surface area is 100 Å². The highest BCUT2D eigenvalue weighted by atomic mass is 32.2. The van der Waals surface area contributed by atoms with Crippen LogP contribution in [0.1, 0.15) is 24.3 Å². The first-order chi connectivity index (χ1) is 7.60. The van der Waals surface area contributed by atoms with E-state index in [1.807, 2.05) is 5.38 Å². The van der Waals surface area contributed by atoms with Crippen LogP contribution in [0.25, 0.3) is 0 Å². The van der Waals surface area contributed by atoms with Crippen LogP contribution in [0.2, 0.25) is 0 Å². The number of hydrogen-bond donors (Lipinski definition) is 1. The van der Waals surface area contributed by atoms with Crippen LogP contribution in [0.15, 0.2) is 11.6 Å². The van der Waals surface area contributed by atoms with Gasteiger partial charge in [-0.05, 0) is 18.3 Å². The van der Waals surface area contributed by atoms with E-state index in [9.17, 15) is 9.00 Å². The van der Waals surface area contributed by atoms with Crippen LogP contribution in [-0.4, -0.2) is 26.0 Å². The molecule has 0 amide bonds. The molecule has 4 nitrogen and oxygen atoms in total. The van der Waals surface area contributed by atoms with Crippen molar-refractivity contribution in [2.75, 3.05) is 5.75 Å². The van der Waals surface area contributed by atoms with Gasteiger partial charge in [0, 0.05) is 28.1 Å². The van der Waals surface area contributed by atoms with E-state index in [-0.39, 0.29) is 11.8 Å². The molecule has 2 rings (SSSR count). The number of carboxylic acids is 1. The van der Waals surface area contributed by atoms with E-state index in [4.69, 9.17) is 5.11 Å². The Morgan fingerprint density at radius 2 is 2.38 bits per heavy atom. The largest absolute Gasteiger partial charge is 0.481 e. The van der Waals surface area contributed by atoms with E-state index in [2.05, 4.69) is 4.98 Å². The van der Waals surface area contributed by atoms with E-state index in [0.29, 0.717) is 11.5 Å². The van der Waals surface area contributed by atoms with Gasteiger partial charge in [0.15, 0.2) is 0 Å². The fraction of sp³-hybridized carbons (Fsp3) is 0.600. The van der Waals surface area contributed by atoms with Gasteiger partial charge in [0.2, 0.25) is 0 Å². The van der Waals surface area contributed by atoms with Gasteiger partial charge in [-0.1, -0.05) is 0 Å². The van der Waals surface area contributed by atoms with E-state index in [1.165, 1.54) is 11.3 Å². The lowest BCUT2D eigenvalue weighted by atomic mass is 10.1. The number of carboxylic acid groups (broad SMARTS) is 1. The zero-order valence-corrected chi connectivity index (χ0v) is 10.4. The normalized spacial score (nSPS) is 19.2. The summed E-state index contributed by atoms with van der Waals surface area (Å²) in [6.07, 6.45) is 3.63. The van der Waals surface area contributed by atoms with Crippen LogP contribution in [0.3, 0.4) is 0 Å². The predicted molar refractivity (Wildman–Crippen MR) is 62.7 cm³/mol. The van der Waals surface area contributed by atoms with Crippen LogP contribution >= 0.6 is 11.3 Å². The molecule has 1 aliphatic rings. The van der Waals surface area contributed by atoms with Crippen molar-refractivity contribution in [3.05, 3.63) is 16.6 Å². The Morgan fingerprint density at radius 1 is 1.62 bits per heavy atom. The second-order valence-corrected chi connectivity index (χ2v) is 6.66. The van der Waals surface area contributed by atoms with Gasteiger partial charge in [-0.2, -0.15) is 0 Å². The Kier molecular flexibility index (Phi) is 3.39. The molecule has 0 aliphatic heterocycles. The Morgan fingerprint density at radius 3 is 2.88 bits per heavy atom. The molecule has 1 unspecified atom stereocenters. The van der Waals surface area contributed by atoms with Gasteiger partial charge in [0.1, 0.15) is 5.01 Å². The maximum atomic E-state index is 11.8. The molecule has 1 saturated carbocycles. The number of carbonyl (C=O) groups is 1. The van der Waals surface area contributed by atoms with Crippen molar-refractivity contribution in [3.8, 4) is 0 Å². The third-order valence-corrected chi connectivity index (χ3v) is 5.21. The van der Waals surface area contributed by atoms with Crippen molar-refractivity contribution in [3.63, 3.8) is 0 Å². The number of aliphatic carboxylic acids is 1. The van der Waals surface area contributed by atoms with Gasteiger partial charge in [-0.25, -0.2) is 4.98 Å². The average Bonchev–Trinajstić information content (AvgIpc) is 2.74. The molecule has 6 heteroatoms. The second kappa shape index (κ2) is 4.63. The molecule has 0 aromatic carbocycles. The summed E-state index contributed by atoms with van der Waals surface area (Å²) >= 11 is 1.49. The number of rotatable bonds is 6. The summed E-state index contributed by atoms with van der Waals surface area (Å²) in [4.78, 5) is 14.7. The lowest BCUT2D eigenvalue weighted by Gasteiger charge is -2.10. The fourth-order valence-electron chi connectivity index (χ4n) is 1.72. The van der Waals surface area contributed by atoms with Gasteiger partial charge in [-0.15, -0.1) is 11.3 Å². The molecule has 1 N–H and O–H groups in total.